The smallest absolute Gasteiger partial charge is 0.159 e. The molecule has 0 amide bonds. The zero-order chi connectivity index (χ0) is 14.5. The lowest BCUT2D eigenvalue weighted by Gasteiger charge is -2.05. The van der Waals surface area contributed by atoms with Gasteiger partial charge in [-0.25, -0.2) is 0 Å². The van der Waals surface area contributed by atoms with E-state index in [1.807, 2.05) is 54.6 Å². The third-order valence-electron chi connectivity index (χ3n) is 3.07. The van der Waals surface area contributed by atoms with Gasteiger partial charge in [-0.05, 0) is 5.56 Å². The van der Waals surface area contributed by atoms with E-state index >= 15 is 0 Å². The number of hydrogen-bond acceptors (Lipinski definition) is 4. The van der Waals surface area contributed by atoms with Crippen LogP contribution in [0.15, 0.2) is 59.7 Å². The minimum atomic E-state index is 0.419. The molecule has 5 heteroatoms. The molecule has 104 valence electrons. The van der Waals surface area contributed by atoms with Crippen molar-refractivity contribution >= 4 is 28.6 Å². The zero-order valence-electron chi connectivity index (χ0n) is 11.2. The van der Waals surface area contributed by atoms with Crippen molar-refractivity contribution in [3.8, 4) is 0 Å². The number of fused-ring (bicyclic) bond motifs is 1. The van der Waals surface area contributed by atoms with Crippen molar-refractivity contribution in [1.82, 2.24) is 15.6 Å². The van der Waals surface area contributed by atoms with Crippen LogP contribution in [0.4, 0.5) is 0 Å². The first-order valence-corrected chi connectivity index (χ1v) is 6.93. The molecular formula is C16H13ClN4. The molecule has 0 aliphatic rings. The Bertz CT molecular complexity index is 772. The lowest BCUT2D eigenvalue weighted by atomic mass is 10.1. The van der Waals surface area contributed by atoms with E-state index in [1.165, 1.54) is 0 Å². The Labute approximate surface area is 127 Å². The van der Waals surface area contributed by atoms with Gasteiger partial charge in [0.25, 0.3) is 0 Å². The standard InChI is InChI=1S/C16H13ClN4/c17-16-14-9-5-4-8-13(14)15(20-21-16)11-19-18-10-12-6-2-1-3-7-12/h1-10,19H,11H2/b18-10+. The van der Waals surface area contributed by atoms with Crippen LogP contribution in [-0.2, 0) is 6.54 Å². The summed E-state index contributed by atoms with van der Waals surface area (Å²) < 4.78 is 0. The average molecular weight is 297 g/mol. The summed E-state index contributed by atoms with van der Waals surface area (Å²) >= 11 is 6.05. The molecule has 0 atom stereocenters. The fraction of sp³-hybridized carbons (Fsp3) is 0.0625. The Balaban J connectivity index is 1.74. The first kappa shape index (κ1) is 13.5. The average Bonchev–Trinajstić information content (AvgIpc) is 2.55. The van der Waals surface area contributed by atoms with Crippen LogP contribution in [0, 0.1) is 0 Å². The Morgan fingerprint density at radius 2 is 1.67 bits per heavy atom. The highest BCUT2D eigenvalue weighted by molar-refractivity contribution is 6.34. The van der Waals surface area contributed by atoms with Gasteiger partial charge in [-0.2, -0.15) is 10.2 Å². The molecule has 0 aliphatic carbocycles. The van der Waals surface area contributed by atoms with Gasteiger partial charge in [0, 0.05) is 10.8 Å². The fourth-order valence-corrected chi connectivity index (χ4v) is 2.24. The van der Waals surface area contributed by atoms with Gasteiger partial charge in [-0.15, -0.1) is 5.10 Å². The summed E-state index contributed by atoms with van der Waals surface area (Å²) in [5, 5.41) is 14.6. The summed E-state index contributed by atoms with van der Waals surface area (Å²) in [6, 6.07) is 17.7. The highest BCUT2D eigenvalue weighted by Crippen LogP contribution is 2.22. The van der Waals surface area contributed by atoms with E-state index in [1.54, 1.807) is 6.21 Å². The number of nitrogens with one attached hydrogen (secondary N) is 1. The summed E-state index contributed by atoms with van der Waals surface area (Å²) in [6.45, 7) is 0.494. The molecule has 2 aromatic carbocycles. The van der Waals surface area contributed by atoms with Gasteiger partial charge in [-0.3, -0.25) is 0 Å². The van der Waals surface area contributed by atoms with Crippen molar-refractivity contribution in [2.24, 2.45) is 5.10 Å². The van der Waals surface area contributed by atoms with Crippen molar-refractivity contribution in [3.05, 3.63) is 71.0 Å². The first-order chi connectivity index (χ1) is 10.3. The molecule has 0 unspecified atom stereocenters. The van der Waals surface area contributed by atoms with Crippen LogP contribution in [0.25, 0.3) is 10.8 Å². The van der Waals surface area contributed by atoms with E-state index in [0.717, 1.165) is 22.0 Å². The number of hydrazone groups is 1. The topological polar surface area (TPSA) is 50.2 Å². The fourth-order valence-electron chi connectivity index (χ4n) is 2.04. The van der Waals surface area contributed by atoms with E-state index in [2.05, 4.69) is 20.7 Å². The number of benzene rings is 2. The van der Waals surface area contributed by atoms with Gasteiger partial charge in [0.1, 0.15) is 0 Å². The van der Waals surface area contributed by atoms with E-state index in [4.69, 9.17) is 11.6 Å². The van der Waals surface area contributed by atoms with Crippen molar-refractivity contribution < 1.29 is 0 Å². The summed E-state index contributed by atoms with van der Waals surface area (Å²) in [6.07, 6.45) is 1.77. The third-order valence-corrected chi connectivity index (χ3v) is 3.35. The second kappa shape index (κ2) is 6.33. The number of hydrogen-bond donors (Lipinski definition) is 1. The van der Waals surface area contributed by atoms with E-state index in [-0.39, 0.29) is 0 Å². The number of nitrogens with zero attached hydrogens (tertiary/aromatic N) is 3. The van der Waals surface area contributed by atoms with Crippen LogP contribution in [0.5, 0.6) is 0 Å². The van der Waals surface area contributed by atoms with Crippen LogP contribution >= 0.6 is 11.6 Å². The minimum absolute atomic E-state index is 0.419. The monoisotopic (exact) mass is 296 g/mol. The summed E-state index contributed by atoms with van der Waals surface area (Å²) in [5.74, 6) is 0. The first-order valence-electron chi connectivity index (χ1n) is 6.55. The van der Waals surface area contributed by atoms with Crippen LogP contribution in [0.3, 0.4) is 0 Å². The molecule has 0 spiro atoms. The zero-order valence-corrected chi connectivity index (χ0v) is 12.0. The molecule has 0 saturated carbocycles. The van der Waals surface area contributed by atoms with E-state index < -0.39 is 0 Å². The third kappa shape index (κ3) is 3.17. The molecule has 0 fully saturated rings. The van der Waals surface area contributed by atoms with Crippen LogP contribution in [0.1, 0.15) is 11.3 Å². The van der Waals surface area contributed by atoms with E-state index in [0.29, 0.717) is 11.7 Å². The van der Waals surface area contributed by atoms with Gasteiger partial charge in [0.15, 0.2) is 5.15 Å². The highest BCUT2D eigenvalue weighted by Gasteiger charge is 2.06. The maximum atomic E-state index is 6.05. The lowest BCUT2D eigenvalue weighted by Crippen LogP contribution is -2.08. The molecule has 1 aromatic heterocycles. The number of halogens is 1. The summed E-state index contributed by atoms with van der Waals surface area (Å²) in [7, 11) is 0. The van der Waals surface area contributed by atoms with Crippen molar-refractivity contribution in [2.75, 3.05) is 0 Å². The molecule has 1 heterocycles. The number of rotatable bonds is 4. The number of aromatic nitrogens is 2. The van der Waals surface area contributed by atoms with Gasteiger partial charge < -0.3 is 5.43 Å². The SMILES string of the molecule is Clc1nnc(CN/N=C/c2ccccc2)c2ccccc12. The molecule has 0 bridgehead atoms. The summed E-state index contributed by atoms with van der Waals surface area (Å²) in [5.41, 5.74) is 4.84. The molecule has 21 heavy (non-hydrogen) atoms. The molecule has 0 aliphatic heterocycles. The van der Waals surface area contributed by atoms with Crippen LogP contribution < -0.4 is 5.43 Å². The Morgan fingerprint density at radius 1 is 0.952 bits per heavy atom. The predicted octanol–water partition coefficient (Wildman–Crippen LogP) is 3.41. The molecular weight excluding hydrogens is 284 g/mol. The largest absolute Gasteiger partial charge is 0.304 e. The quantitative estimate of drug-likeness (QED) is 0.593. The minimum Gasteiger partial charge on any atom is -0.304 e. The predicted molar refractivity (Wildman–Crippen MR) is 85.4 cm³/mol. The Hall–Kier alpha value is -2.46. The second-order valence-electron chi connectivity index (χ2n) is 4.49. The van der Waals surface area contributed by atoms with Crippen molar-refractivity contribution in [3.63, 3.8) is 0 Å². The van der Waals surface area contributed by atoms with Crippen molar-refractivity contribution in [2.45, 2.75) is 6.54 Å². The van der Waals surface area contributed by atoms with Gasteiger partial charge in [0.05, 0.1) is 18.5 Å². The van der Waals surface area contributed by atoms with Gasteiger partial charge >= 0.3 is 0 Å². The molecule has 0 saturated heterocycles. The van der Waals surface area contributed by atoms with E-state index in [9.17, 15) is 0 Å². The Kier molecular flexibility index (Phi) is 4.07. The van der Waals surface area contributed by atoms with Gasteiger partial charge in [-0.1, -0.05) is 66.2 Å². The lowest BCUT2D eigenvalue weighted by molar-refractivity contribution is 0.722. The second-order valence-corrected chi connectivity index (χ2v) is 4.84. The maximum absolute atomic E-state index is 6.05. The summed E-state index contributed by atoms with van der Waals surface area (Å²) in [4.78, 5) is 0. The molecule has 0 radical (unpaired) electrons. The highest BCUT2D eigenvalue weighted by atomic mass is 35.5. The van der Waals surface area contributed by atoms with Crippen LogP contribution in [-0.4, -0.2) is 16.4 Å². The van der Waals surface area contributed by atoms with Crippen LogP contribution in [0.2, 0.25) is 5.15 Å². The molecule has 1 N–H and O–H groups in total. The molecule has 3 rings (SSSR count). The maximum Gasteiger partial charge on any atom is 0.159 e. The molecule has 4 nitrogen and oxygen atoms in total. The van der Waals surface area contributed by atoms with Gasteiger partial charge in [0.2, 0.25) is 0 Å². The normalized spacial score (nSPS) is 11.1. The molecule has 3 aromatic rings. The Morgan fingerprint density at radius 3 is 2.48 bits per heavy atom. The van der Waals surface area contributed by atoms with Crippen molar-refractivity contribution in [1.29, 1.82) is 0 Å².